The second kappa shape index (κ2) is 17.3. The van der Waals surface area contributed by atoms with Crippen molar-refractivity contribution in [2.45, 2.75) is 115 Å². The van der Waals surface area contributed by atoms with Crippen LogP contribution < -0.4 is 35.8 Å². The second-order valence-corrected chi connectivity index (χ2v) is 21.3. The number of aromatic nitrogens is 9. The van der Waals surface area contributed by atoms with Gasteiger partial charge in [-0.15, -0.1) is 0 Å². The van der Waals surface area contributed by atoms with Crippen molar-refractivity contribution in [2.24, 2.45) is 14.1 Å². The molecule has 7 heterocycles. The molecule has 13 rings (SSSR count). The monoisotopic (exact) mass is 970 g/mol. The molecule has 0 radical (unpaired) electrons. The summed E-state index contributed by atoms with van der Waals surface area (Å²) in [5, 5.41) is 31.9. The number of hydrogen-bond acceptors (Lipinski definition) is 12. The Morgan fingerprint density at radius 3 is 1.96 bits per heavy atom. The molecule has 2 atom stereocenters. The Morgan fingerprint density at radius 1 is 0.653 bits per heavy atom. The van der Waals surface area contributed by atoms with Gasteiger partial charge in [-0.1, -0.05) is 0 Å². The third kappa shape index (κ3) is 8.27. The van der Waals surface area contributed by atoms with Gasteiger partial charge >= 0.3 is 0 Å². The number of carbonyl (C=O) groups is 2. The van der Waals surface area contributed by atoms with E-state index >= 15 is 4.79 Å². The molecule has 2 saturated heterocycles. The molecule has 0 spiro atoms. The van der Waals surface area contributed by atoms with Gasteiger partial charge in [0.25, 0.3) is 11.8 Å². The maximum absolute atomic E-state index is 15.0. The first-order chi connectivity index (χ1) is 34.9. The molecule has 4 N–H and O–H groups in total. The number of imidazole rings is 1. The van der Waals surface area contributed by atoms with Crippen LogP contribution in [0.1, 0.15) is 113 Å². The zero-order chi connectivity index (χ0) is 49.1. The van der Waals surface area contributed by atoms with Crippen molar-refractivity contribution in [1.29, 1.82) is 0 Å². The number of anilines is 4. The highest BCUT2D eigenvalue weighted by Gasteiger charge is 2.45. The number of aryl methyl sites for hydroxylation is 5. The van der Waals surface area contributed by atoms with Gasteiger partial charge < -0.3 is 40.2 Å². The minimum absolute atomic E-state index is 0.0593. The molecule has 2 amide bonds. The van der Waals surface area contributed by atoms with E-state index in [2.05, 4.69) is 70.4 Å². The summed E-state index contributed by atoms with van der Waals surface area (Å²) >= 11 is 0. The van der Waals surface area contributed by atoms with E-state index in [9.17, 15) is 4.79 Å². The second-order valence-electron chi connectivity index (χ2n) is 21.3. The number of hydrogen-bond donors (Lipinski definition) is 4. The molecular weight excluding hydrogens is 907 g/mol. The molecule has 372 valence electrons. The number of ether oxygens (including phenoxy) is 1. The first-order valence-electron chi connectivity index (χ1n) is 25.9. The van der Waals surface area contributed by atoms with E-state index in [0.29, 0.717) is 69.2 Å². The summed E-state index contributed by atoms with van der Waals surface area (Å²) in [6, 6.07) is 10.5. The van der Waals surface area contributed by atoms with Crippen molar-refractivity contribution >= 4 is 73.1 Å². The lowest BCUT2D eigenvalue weighted by atomic mass is 9.96. The molecular formula is C54H63N15O3. The average Bonchev–Trinajstić information content (AvgIpc) is 4.32. The molecule has 5 aliphatic rings. The Balaban J connectivity index is 0.888. The van der Waals surface area contributed by atoms with Crippen molar-refractivity contribution < 1.29 is 14.3 Å². The highest BCUT2D eigenvalue weighted by atomic mass is 16.5. The predicted octanol–water partition coefficient (Wildman–Crippen LogP) is 7.46. The van der Waals surface area contributed by atoms with E-state index < -0.39 is 0 Å². The number of carbonyl (C=O) groups excluding carboxylic acids is 2. The predicted molar refractivity (Wildman–Crippen MR) is 280 cm³/mol. The molecule has 2 unspecified atom stereocenters. The summed E-state index contributed by atoms with van der Waals surface area (Å²) in [5.74, 6) is 0.399. The molecule has 72 heavy (non-hydrogen) atoms. The number of rotatable bonds is 13. The van der Waals surface area contributed by atoms with Crippen LogP contribution in [-0.2, 0) is 14.1 Å². The zero-order valence-corrected chi connectivity index (χ0v) is 42.0. The Kier molecular flexibility index (Phi) is 10.8. The summed E-state index contributed by atoms with van der Waals surface area (Å²) in [6.45, 7) is 9.54. The van der Waals surface area contributed by atoms with Crippen molar-refractivity contribution in [2.75, 3.05) is 53.7 Å². The number of nitrogens with zero attached hydrogens (tertiary/aromatic N) is 11. The van der Waals surface area contributed by atoms with E-state index in [-0.39, 0.29) is 23.8 Å². The molecule has 2 aliphatic heterocycles. The van der Waals surface area contributed by atoms with Crippen LogP contribution in [0.4, 0.5) is 22.9 Å². The number of methoxy groups -OCH3 is 1. The molecule has 3 saturated carbocycles. The third-order valence-electron chi connectivity index (χ3n) is 15.8. The van der Waals surface area contributed by atoms with Crippen molar-refractivity contribution in [1.82, 2.24) is 54.3 Å². The SMILES string of the molecule is COc1cc2nn(C)cc2cc1NC(=O)c1c(C)cc(N2CCC(NC3CC3)CC2)c2cn(C3CC3c3cc(N4CCC(NC5CC5)CC4)c4cn(C)nc4c3C(=O)Nc3cn4cc(C)nc(C)c4n3)nc12. The minimum Gasteiger partial charge on any atom is -0.494 e. The number of benzene rings is 3. The fraction of sp³-hybridized carbons (Fsp3) is 0.463. The van der Waals surface area contributed by atoms with Gasteiger partial charge in [0.2, 0.25) is 0 Å². The quantitative estimate of drug-likeness (QED) is 0.0897. The van der Waals surface area contributed by atoms with Crippen LogP contribution >= 0.6 is 0 Å². The van der Waals surface area contributed by atoms with E-state index in [0.717, 1.165) is 114 Å². The number of amides is 2. The van der Waals surface area contributed by atoms with Crippen LogP contribution in [0, 0.1) is 20.8 Å². The van der Waals surface area contributed by atoms with Crippen LogP contribution in [0.15, 0.2) is 55.2 Å². The van der Waals surface area contributed by atoms with Gasteiger partial charge in [-0.3, -0.25) is 28.6 Å². The Labute approximate surface area is 417 Å². The number of nitrogens with one attached hydrogen (secondary N) is 4. The average molecular weight is 970 g/mol. The number of fused-ring (bicyclic) bond motifs is 4. The molecule has 18 nitrogen and oxygen atoms in total. The van der Waals surface area contributed by atoms with Crippen LogP contribution in [0.3, 0.4) is 0 Å². The van der Waals surface area contributed by atoms with Crippen molar-refractivity contribution in [3.8, 4) is 5.75 Å². The lowest BCUT2D eigenvalue weighted by Gasteiger charge is -2.35. The Hall–Kier alpha value is -7.05. The summed E-state index contributed by atoms with van der Waals surface area (Å²) in [5.41, 5.74) is 10.1. The number of piperidine rings is 2. The maximum Gasteiger partial charge on any atom is 0.259 e. The summed E-state index contributed by atoms with van der Waals surface area (Å²) < 4.78 is 13.4. The van der Waals surface area contributed by atoms with Crippen LogP contribution in [0.5, 0.6) is 5.75 Å². The Bertz CT molecular complexity index is 3470. The topological polar surface area (TPSA) is 182 Å². The fourth-order valence-electron chi connectivity index (χ4n) is 11.8. The van der Waals surface area contributed by atoms with E-state index in [1.54, 1.807) is 11.8 Å². The zero-order valence-electron chi connectivity index (χ0n) is 42.0. The Morgan fingerprint density at radius 2 is 1.28 bits per heavy atom. The highest BCUT2D eigenvalue weighted by molar-refractivity contribution is 6.17. The lowest BCUT2D eigenvalue weighted by Crippen LogP contribution is -2.43. The first kappa shape index (κ1) is 44.9. The van der Waals surface area contributed by atoms with Crippen LogP contribution in [-0.4, -0.2) is 113 Å². The van der Waals surface area contributed by atoms with Gasteiger partial charge in [0.05, 0.1) is 53.1 Å². The molecule has 5 fully saturated rings. The molecule has 0 bridgehead atoms. The normalized spacial score (nSPS) is 19.9. The maximum atomic E-state index is 15.0. The molecule has 5 aromatic heterocycles. The molecule has 3 aliphatic carbocycles. The van der Waals surface area contributed by atoms with Gasteiger partial charge in [0, 0.05) is 129 Å². The molecule has 8 aromatic rings. The highest BCUT2D eigenvalue weighted by Crippen LogP contribution is 2.55. The van der Waals surface area contributed by atoms with Crippen LogP contribution in [0.2, 0.25) is 0 Å². The van der Waals surface area contributed by atoms with Gasteiger partial charge in [0.1, 0.15) is 16.8 Å². The summed E-state index contributed by atoms with van der Waals surface area (Å²) in [4.78, 5) is 44.2. The van der Waals surface area contributed by atoms with Crippen molar-refractivity contribution in [3.05, 3.63) is 88.9 Å². The summed E-state index contributed by atoms with van der Waals surface area (Å²) in [7, 11) is 5.41. The smallest absolute Gasteiger partial charge is 0.259 e. The van der Waals surface area contributed by atoms with Gasteiger partial charge in [-0.05, 0) is 108 Å². The van der Waals surface area contributed by atoms with Gasteiger partial charge in [-0.2, -0.15) is 15.3 Å². The minimum atomic E-state index is -0.260. The fourth-order valence-corrected chi connectivity index (χ4v) is 11.8. The lowest BCUT2D eigenvalue weighted by molar-refractivity contribution is 0.101. The van der Waals surface area contributed by atoms with E-state index in [1.165, 1.54) is 25.7 Å². The van der Waals surface area contributed by atoms with Crippen LogP contribution in [0.25, 0.3) is 38.4 Å². The van der Waals surface area contributed by atoms with Gasteiger partial charge in [-0.25, -0.2) is 4.98 Å². The third-order valence-corrected chi connectivity index (χ3v) is 15.8. The van der Waals surface area contributed by atoms with Gasteiger partial charge in [0.15, 0.2) is 11.5 Å². The molecule has 18 heteroatoms. The van der Waals surface area contributed by atoms with Crippen molar-refractivity contribution in [3.63, 3.8) is 0 Å². The largest absolute Gasteiger partial charge is 0.494 e. The van der Waals surface area contributed by atoms with E-state index in [1.807, 2.05) is 74.7 Å². The standard InChI is InChI=1S/C54H63N15O3/c1-29-19-43(66-15-11-35(12-16-66)56-33-7-8-33)40-27-69(63-50(40)48(29)53(70)58-42-20-32-25-64(4)61-41(32)23-46(42)72-6)45-21-37(45)38-22-44(67-17-13-36(14-18-67)57-34-9-10-34)39-26-65(5)62-51(39)49(38)54(71)60-47-28-68-24-30(2)55-31(3)52(68)59-47/h19-20,22-28,33-37,45,56-57H,7-18,21H2,1-6H3,(H,58,70)(H,60,71). The first-order valence-corrected chi connectivity index (χ1v) is 25.9. The molecule has 3 aromatic carbocycles. The van der Waals surface area contributed by atoms with E-state index in [4.69, 9.17) is 19.9 Å². The summed E-state index contributed by atoms with van der Waals surface area (Å²) in [6.07, 6.45) is 20.0.